The van der Waals surface area contributed by atoms with Gasteiger partial charge in [0.25, 0.3) is 5.91 Å². The van der Waals surface area contributed by atoms with E-state index >= 15 is 0 Å². The van der Waals surface area contributed by atoms with Crippen molar-refractivity contribution in [3.63, 3.8) is 0 Å². The van der Waals surface area contributed by atoms with Crippen molar-refractivity contribution in [3.8, 4) is 0 Å². The van der Waals surface area contributed by atoms with Gasteiger partial charge in [-0.05, 0) is 0 Å². The quantitative estimate of drug-likeness (QED) is 0.552. The summed E-state index contributed by atoms with van der Waals surface area (Å²) in [6.45, 7) is -0.0268. The van der Waals surface area contributed by atoms with E-state index in [-0.39, 0.29) is 19.6 Å². The second-order valence-corrected chi connectivity index (χ2v) is 5.60. The van der Waals surface area contributed by atoms with Crippen LogP contribution in [-0.2, 0) is 24.4 Å². The van der Waals surface area contributed by atoms with Crippen LogP contribution in [0.2, 0.25) is 0 Å². The fraction of sp³-hybridized carbons (Fsp3) is 0.714. The third-order valence-corrected chi connectivity index (χ3v) is 3.93. The Morgan fingerprint density at radius 3 is 2.56 bits per heavy atom. The molecule has 0 aromatic carbocycles. The molecule has 0 bridgehead atoms. The van der Waals surface area contributed by atoms with Crippen LogP contribution < -0.4 is 10.6 Å². The molecule has 2 saturated heterocycles. The SMILES string of the molecule is NS(=O)(=O)C1CC(=O)N(C2CONC2=O)C1. The first kappa shape index (κ1) is 11.3. The molecule has 2 rings (SSSR count). The van der Waals surface area contributed by atoms with Gasteiger partial charge in [0, 0.05) is 13.0 Å². The maximum Gasteiger partial charge on any atom is 0.268 e. The number of carbonyl (C=O) groups is 2. The van der Waals surface area contributed by atoms with Gasteiger partial charge in [-0.15, -0.1) is 0 Å². The van der Waals surface area contributed by atoms with Crippen molar-refractivity contribution >= 4 is 21.8 Å². The molecule has 2 heterocycles. The molecule has 0 radical (unpaired) electrons. The molecule has 2 aliphatic rings. The second kappa shape index (κ2) is 3.68. The molecule has 2 fully saturated rings. The highest BCUT2D eigenvalue weighted by molar-refractivity contribution is 7.89. The van der Waals surface area contributed by atoms with Gasteiger partial charge in [-0.3, -0.25) is 14.4 Å². The number of likely N-dealkylation sites (tertiary alicyclic amines) is 1. The molecule has 2 unspecified atom stereocenters. The highest BCUT2D eigenvalue weighted by Crippen LogP contribution is 2.20. The molecule has 0 aliphatic carbocycles. The second-order valence-electron chi connectivity index (χ2n) is 3.75. The Balaban J connectivity index is 2.14. The van der Waals surface area contributed by atoms with E-state index < -0.39 is 33.1 Å². The molecular weight excluding hydrogens is 238 g/mol. The zero-order chi connectivity index (χ0) is 11.9. The molecule has 90 valence electrons. The molecule has 2 aliphatic heterocycles. The van der Waals surface area contributed by atoms with Crippen molar-refractivity contribution in [2.24, 2.45) is 5.14 Å². The van der Waals surface area contributed by atoms with E-state index in [1.807, 2.05) is 0 Å². The Morgan fingerprint density at radius 1 is 1.44 bits per heavy atom. The largest absolute Gasteiger partial charge is 0.327 e. The number of rotatable bonds is 2. The van der Waals surface area contributed by atoms with Gasteiger partial charge in [0.1, 0.15) is 17.9 Å². The minimum atomic E-state index is -3.75. The molecule has 9 heteroatoms. The molecule has 0 spiro atoms. The van der Waals surface area contributed by atoms with Crippen LogP contribution in [0.5, 0.6) is 0 Å². The van der Waals surface area contributed by atoms with Crippen LogP contribution in [0.1, 0.15) is 6.42 Å². The average molecular weight is 249 g/mol. The van der Waals surface area contributed by atoms with Crippen LogP contribution in [0.3, 0.4) is 0 Å². The molecule has 2 amide bonds. The van der Waals surface area contributed by atoms with Crippen LogP contribution in [0.25, 0.3) is 0 Å². The monoisotopic (exact) mass is 249 g/mol. The lowest BCUT2D eigenvalue weighted by atomic mass is 10.3. The summed E-state index contributed by atoms with van der Waals surface area (Å²) < 4.78 is 22.2. The number of nitrogens with two attached hydrogens (primary N) is 1. The molecule has 2 atom stereocenters. The van der Waals surface area contributed by atoms with Crippen molar-refractivity contribution in [1.82, 2.24) is 10.4 Å². The topological polar surface area (TPSA) is 119 Å². The molecule has 0 aromatic heterocycles. The molecule has 3 N–H and O–H groups in total. The first-order chi connectivity index (χ1) is 7.39. The van der Waals surface area contributed by atoms with Crippen LogP contribution in [-0.4, -0.2) is 49.6 Å². The van der Waals surface area contributed by atoms with Crippen LogP contribution in [0.15, 0.2) is 0 Å². The molecule has 0 saturated carbocycles. The van der Waals surface area contributed by atoms with E-state index in [0.29, 0.717) is 0 Å². The molecule has 0 aromatic rings. The fourth-order valence-electron chi connectivity index (χ4n) is 1.79. The number of primary sulfonamides is 1. The third kappa shape index (κ3) is 1.88. The summed E-state index contributed by atoms with van der Waals surface area (Å²) in [6, 6.07) is -0.751. The van der Waals surface area contributed by atoms with Gasteiger partial charge in [-0.25, -0.2) is 19.0 Å². The van der Waals surface area contributed by atoms with E-state index in [1.54, 1.807) is 0 Å². The van der Waals surface area contributed by atoms with Crippen molar-refractivity contribution in [2.45, 2.75) is 17.7 Å². The van der Waals surface area contributed by atoms with Crippen LogP contribution >= 0.6 is 0 Å². The minimum absolute atomic E-state index is 0.0297. The summed E-state index contributed by atoms with van der Waals surface area (Å²) in [7, 11) is -3.75. The van der Waals surface area contributed by atoms with Gasteiger partial charge in [-0.1, -0.05) is 0 Å². The summed E-state index contributed by atoms with van der Waals surface area (Å²) in [6.07, 6.45) is -0.178. The van der Waals surface area contributed by atoms with Gasteiger partial charge in [0.2, 0.25) is 15.9 Å². The van der Waals surface area contributed by atoms with Crippen LogP contribution in [0, 0.1) is 0 Å². The van der Waals surface area contributed by atoms with Gasteiger partial charge in [0.15, 0.2) is 0 Å². The summed E-state index contributed by atoms with van der Waals surface area (Å²) in [5.74, 6) is -0.840. The van der Waals surface area contributed by atoms with Gasteiger partial charge >= 0.3 is 0 Å². The number of nitrogens with zero attached hydrogens (tertiary/aromatic N) is 1. The predicted molar refractivity (Wildman–Crippen MR) is 51.1 cm³/mol. The van der Waals surface area contributed by atoms with Gasteiger partial charge in [-0.2, -0.15) is 0 Å². The van der Waals surface area contributed by atoms with Crippen molar-refractivity contribution in [2.75, 3.05) is 13.2 Å². The standard InChI is InChI=1S/C7H11N3O5S/c8-16(13,14)4-1-6(11)10(2-4)5-3-15-9-7(5)12/h4-5H,1-3H2,(H,9,12)(H2,8,13,14). The zero-order valence-corrected chi connectivity index (χ0v) is 9.07. The lowest BCUT2D eigenvalue weighted by Crippen LogP contribution is -2.44. The summed E-state index contributed by atoms with van der Waals surface area (Å²) in [5, 5.41) is 4.02. The minimum Gasteiger partial charge on any atom is -0.327 e. The maximum atomic E-state index is 11.5. The summed E-state index contributed by atoms with van der Waals surface area (Å²) >= 11 is 0. The number of hydroxylamine groups is 1. The Labute approximate surface area is 91.7 Å². The molecule has 16 heavy (non-hydrogen) atoms. The molecule has 8 nitrogen and oxygen atoms in total. The number of amides is 2. The maximum absolute atomic E-state index is 11.5. The predicted octanol–water partition coefficient (Wildman–Crippen LogP) is -2.69. The van der Waals surface area contributed by atoms with Crippen molar-refractivity contribution < 1.29 is 22.8 Å². The van der Waals surface area contributed by atoms with Crippen molar-refractivity contribution in [3.05, 3.63) is 0 Å². The number of sulfonamides is 1. The number of hydrogen-bond donors (Lipinski definition) is 2. The fourth-order valence-corrected chi connectivity index (χ4v) is 2.53. The van der Waals surface area contributed by atoms with E-state index in [1.165, 1.54) is 4.90 Å². The zero-order valence-electron chi connectivity index (χ0n) is 8.25. The smallest absolute Gasteiger partial charge is 0.268 e. The first-order valence-electron chi connectivity index (χ1n) is 4.62. The van der Waals surface area contributed by atoms with E-state index in [4.69, 9.17) is 5.14 Å². The van der Waals surface area contributed by atoms with Gasteiger partial charge in [0.05, 0.1) is 0 Å². The average Bonchev–Trinajstić information content (AvgIpc) is 2.70. The van der Waals surface area contributed by atoms with Crippen LogP contribution in [0.4, 0.5) is 0 Å². The number of hydrogen-bond acceptors (Lipinski definition) is 5. The highest BCUT2D eigenvalue weighted by Gasteiger charge is 2.43. The normalized spacial score (nSPS) is 30.9. The Kier molecular flexibility index (Phi) is 2.60. The van der Waals surface area contributed by atoms with Crippen molar-refractivity contribution in [1.29, 1.82) is 0 Å². The Morgan fingerprint density at radius 2 is 2.12 bits per heavy atom. The Bertz CT molecular complexity index is 433. The first-order valence-corrected chi connectivity index (χ1v) is 6.23. The Hall–Kier alpha value is -1.19. The van der Waals surface area contributed by atoms with E-state index in [0.717, 1.165) is 0 Å². The highest BCUT2D eigenvalue weighted by atomic mass is 32.2. The lowest BCUT2D eigenvalue weighted by Gasteiger charge is -2.19. The summed E-state index contributed by atoms with van der Waals surface area (Å²) in [5.41, 5.74) is 2.11. The molecular formula is C7H11N3O5S. The van der Waals surface area contributed by atoms with Gasteiger partial charge < -0.3 is 4.90 Å². The lowest BCUT2D eigenvalue weighted by molar-refractivity contribution is -0.135. The third-order valence-electron chi connectivity index (χ3n) is 2.68. The van der Waals surface area contributed by atoms with E-state index in [2.05, 4.69) is 10.3 Å². The van der Waals surface area contributed by atoms with E-state index in [9.17, 15) is 18.0 Å². The number of carbonyl (C=O) groups excluding carboxylic acids is 2. The summed E-state index contributed by atoms with van der Waals surface area (Å²) in [4.78, 5) is 28.7. The number of nitrogens with one attached hydrogen (secondary N) is 1.